The van der Waals surface area contributed by atoms with Crippen LogP contribution in [0.1, 0.15) is 59.3 Å². The number of piperidine rings is 1. The topological polar surface area (TPSA) is 46.6 Å². The molecule has 0 aromatic heterocycles. The van der Waals surface area contributed by atoms with Gasteiger partial charge in [-0.2, -0.15) is 0 Å². The van der Waals surface area contributed by atoms with Gasteiger partial charge in [-0.3, -0.25) is 4.79 Å². The van der Waals surface area contributed by atoms with E-state index < -0.39 is 5.60 Å². The van der Waals surface area contributed by atoms with Gasteiger partial charge in [-0.25, -0.2) is 4.79 Å². The summed E-state index contributed by atoms with van der Waals surface area (Å²) < 4.78 is 5.48. The maximum Gasteiger partial charge on any atom is 0.410 e. The van der Waals surface area contributed by atoms with Gasteiger partial charge in [0.15, 0.2) is 0 Å². The highest BCUT2D eigenvalue weighted by atomic mass is 16.6. The molecule has 19 heavy (non-hydrogen) atoms. The third-order valence-corrected chi connectivity index (χ3v) is 3.99. The summed E-state index contributed by atoms with van der Waals surface area (Å²) in [6.07, 6.45) is 5.39. The quantitative estimate of drug-likeness (QED) is 0.733. The van der Waals surface area contributed by atoms with Crippen LogP contribution in [0, 0.1) is 5.92 Å². The van der Waals surface area contributed by atoms with Crippen molar-refractivity contribution in [2.24, 2.45) is 5.92 Å². The second kappa shape index (κ2) is 5.51. The van der Waals surface area contributed by atoms with E-state index in [1.54, 1.807) is 0 Å². The van der Waals surface area contributed by atoms with Gasteiger partial charge in [0, 0.05) is 24.9 Å². The van der Waals surface area contributed by atoms with Crippen LogP contribution < -0.4 is 0 Å². The summed E-state index contributed by atoms with van der Waals surface area (Å²) >= 11 is 0. The zero-order valence-electron chi connectivity index (χ0n) is 12.3. The Morgan fingerprint density at radius 3 is 2.53 bits per heavy atom. The van der Waals surface area contributed by atoms with Crippen LogP contribution in [0.3, 0.4) is 0 Å². The monoisotopic (exact) mass is 267 g/mol. The Kier molecular flexibility index (Phi) is 4.16. The molecule has 2 aliphatic rings. The molecule has 0 aromatic rings. The van der Waals surface area contributed by atoms with Gasteiger partial charge in [0.2, 0.25) is 0 Å². The van der Waals surface area contributed by atoms with Crippen LogP contribution in [0.4, 0.5) is 4.79 Å². The molecular weight excluding hydrogens is 242 g/mol. The molecule has 0 spiro atoms. The van der Waals surface area contributed by atoms with Crippen molar-refractivity contribution in [2.45, 2.75) is 70.9 Å². The van der Waals surface area contributed by atoms with Crippen molar-refractivity contribution in [3.8, 4) is 0 Å². The van der Waals surface area contributed by atoms with E-state index in [1.165, 1.54) is 0 Å². The molecule has 0 bridgehead atoms. The molecule has 2 rings (SSSR count). The van der Waals surface area contributed by atoms with Gasteiger partial charge in [0.1, 0.15) is 11.4 Å². The molecule has 0 N–H and O–H groups in total. The van der Waals surface area contributed by atoms with E-state index in [9.17, 15) is 9.59 Å². The molecule has 1 aliphatic carbocycles. The van der Waals surface area contributed by atoms with Crippen LogP contribution in [0.25, 0.3) is 0 Å². The molecule has 0 radical (unpaired) electrons. The van der Waals surface area contributed by atoms with Crippen LogP contribution >= 0.6 is 0 Å². The second-order valence-corrected chi connectivity index (χ2v) is 6.70. The molecule has 4 nitrogen and oxygen atoms in total. The Hall–Kier alpha value is -1.06. The average Bonchev–Trinajstić information content (AvgIpc) is 2.73. The van der Waals surface area contributed by atoms with Crippen molar-refractivity contribution in [1.29, 1.82) is 0 Å². The van der Waals surface area contributed by atoms with Gasteiger partial charge in [-0.1, -0.05) is 0 Å². The summed E-state index contributed by atoms with van der Waals surface area (Å²) in [6.45, 7) is 6.36. The molecule has 1 saturated carbocycles. The molecule has 1 aliphatic heterocycles. The van der Waals surface area contributed by atoms with Crippen molar-refractivity contribution in [3.63, 3.8) is 0 Å². The van der Waals surface area contributed by atoms with E-state index in [-0.39, 0.29) is 18.1 Å². The van der Waals surface area contributed by atoms with E-state index >= 15 is 0 Å². The number of likely N-dealkylation sites (tertiary alicyclic amines) is 1. The lowest BCUT2D eigenvalue weighted by molar-refractivity contribution is -0.122. The number of rotatable bonds is 1. The van der Waals surface area contributed by atoms with E-state index in [4.69, 9.17) is 4.74 Å². The highest BCUT2D eigenvalue weighted by Crippen LogP contribution is 2.33. The minimum Gasteiger partial charge on any atom is -0.444 e. The Bertz CT molecular complexity index is 359. The highest BCUT2D eigenvalue weighted by molar-refractivity contribution is 5.84. The van der Waals surface area contributed by atoms with Gasteiger partial charge in [0.25, 0.3) is 0 Å². The van der Waals surface area contributed by atoms with Crippen LogP contribution in [-0.4, -0.2) is 35.0 Å². The lowest BCUT2D eigenvalue weighted by atomic mass is 9.89. The Morgan fingerprint density at radius 1 is 1.21 bits per heavy atom. The highest BCUT2D eigenvalue weighted by Gasteiger charge is 2.40. The first-order valence-corrected chi connectivity index (χ1v) is 7.41. The summed E-state index contributed by atoms with van der Waals surface area (Å²) in [5.41, 5.74) is -0.473. The summed E-state index contributed by atoms with van der Waals surface area (Å²) in [5.74, 6) is 0.383. The number of nitrogens with zero attached hydrogens (tertiary/aromatic N) is 1. The molecule has 1 amide bonds. The summed E-state index contributed by atoms with van der Waals surface area (Å²) in [4.78, 5) is 26.0. The number of hydrogen-bond acceptors (Lipinski definition) is 3. The smallest absolute Gasteiger partial charge is 0.410 e. The largest absolute Gasteiger partial charge is 0.444 e. The Morgan fingerprint density at radius 2 is 1.95 bits per heavy atom. The number of ketones is 1. The normalized spacial score (nSPS) is 28.6. The maximum absolute atomic E-state index is 12.3. The van der Waals surface area contributed by atoms with Crippen molar-refractivity contribution >= 4 is 11.9 Å². The number of hydrogen-bond donors (Lipinski definition) is 0. The number of carbonyl (C=O) groups is 2. The molecular formula is C15H25NO3. The Labute approximate surface area is 115 Å². The van der Waals surface area contributed by atoms with E-state index in [0.29, 0.717) is 12.2 Å². The second-order valence-electron chi connectivity index (χ2n) is 6.70. The predicted octanol–water partition coefficient (Wildman–Crippen LogP) is 3.15. The predicted molar refractivity (Wildman–Crippen MR) is 72.9 cm³/mol. The molecule has 108 valence electrons. The first kappa shape index (κ1) is 14.4. The van der Waals surface area contributed by atoms with Gasteiger partial charge in [-0.05, 0) is 52.9 Å². The van der Waals surface area contributed by atoms with Crippen molar-refractivity contribution in [1.82, 2.24) is 4.90 Å². The molecule has 2 atom stereocenters. The lowest BCUT2D eigenvalue weighted by Crippen LogP contribution is -2.50. The lowest BCUT2D eigenvalue weighted by Gasteiger charge is -2.39. The third-order valence-electron chi connectivity index (χ3n) is 3.99. The van der Waals surface area contributed by atoms with Gasteiger partial charge in [0.05, 0.1) is 0 Å². The fourth-order valence-corrected chi connectivity index (χ4v) is 3.17. The number of amides is 1. The molecule has 2 fully saturated rings. The van der Waals surface area contributed by atoms with Crippen LogP contribution in [0.5, 0.6) is 0 Å². The van der Waals surface area contributed by atoms with E-state index in [2.05, 4.69) is 0 Å². The van der Waals surface area contributed by atoms with Crippen LogP contribution in [0.2, 0.25) is 0 Å². The standard InChI is InChI=1S/C15H25NO3/c1-15(2,3)19-14(18)16-10-5-4-8-12(16)11-7-6-9-13(11)17/h11-12H,4-10H2,1-3H3/t11-,12-/m1/s1. The van der Waals surface area contributed by atoms with E-state index in [1.807, 2.05) is 25.7 Å². The summed E-state index contributed by atoms with van der Waals surface area (Å²) in [6, 6.07) is 0.0681. The number of Topliss-reactive ketones (excluding diaryl/α,β-unsaturated/α-hetero) is 1. The summed E-state index contributed by atoms with van der Waals surface area (Å²) in [7, 11) is 0. The maximum atomic E-state index is 12.3. The summed E-state index contributed by atoms with van der Waals surface area (Å²) in [5, 5.41) is 0. The zero-order chi connectivity index (χ0) is 14.0. The molecule has 0 unspecified atom stereocenters. The zero-order valence-corrected chi connectivity index (χ0v) is 12.3. The fraction of sp³-hybridized carbons (Fsp3) is 0.867. The van der Waals surface area contributed by atoms with Crippen LogP contribution in [-0.2, 0) is 9.53 Å². The minimum absolute atomic E-state index is 0.0489. The molecule has 4 heteroatoms. The molecule has 1 saturated heterocycles. The number of carbonyl (C=O) groups excluding carboxylic acids is 2. The fourth-order valence-electron chi connectivity index (χ4n) is 3.17. The molecule has 0 aromatic carbocycles. The van der Waals surface area contributed by atoms with Gasteiger partial charge in [-0.15, -0.1) is 0 Å². The Balaban J connectivity index is 2.07. The van der Waals surface area contributed by atoms with Crippen molar-refractivity contribution in [3.05, 3.63) is 0 Å². The number of ether oxygens (including phenoxy) is 1. The van der Waals surface area contributed by atoms with E-state index in [0.717, 1.165) is 38.6 Å². The third kappa shape index (κ3) is 3.48. The van der Waals surface area contributed by atoms with Crippen molar-refractivity contribution < 1.29 is 14.3 Å². The van der Waals surface area contributed by atoms with Crippen LogP contribution in [0.15, 0.2) is 0 Å². The first-order valence-electron chi connectivity index (χ1n) is 7.41. The van der Waals surface area contributed by atoms with Gasteiger partial charge < -0.3 is 9.64 Å². The average molecular weight is 267 g/mol. The first-order chi connectivity index (χ1) is 8.88. The van der Waals surface area contributed by atoms with Gasteiger partial charge >= 0.3 is 6.09 Å². The SMILES string of the molecule is CC(C)(C)OC(=O)N1CCCC[C@@H]1[C@H]1CCCC1=O. The minimum atomic E-state index is -0.473. The van der Waals surface area contributed by atoms with Crippen molar-refractivity contribution in [2.75, 3.05) is 6.54 Å². The molecule has 1 heterocycles.